The fourth-order valence-electron chi connectivity index (χ4n) is 2.82. The first kappa shape index (κ1) is 13.4. The molecule has 1 aromatic rings. The standard InChI is InChI=1S/C15H24N2O/c1-11(2)10-17-9-8-14(16)15(17)12-4-6-13(18-3)7-5-12/h4-7,11,14-15H,8-10,16H2,1-3H3. The van der Waals surface area contributed by atoms with E-state index in [1.807, 2.05) is 12.1 Å². The number of likely N-dealkylation sites (tertiary alicyclic amines) is 1. The number of nitrogens with two attached hydrogens (primary N) is 1. The SMILES string of the molecule is COc1ccc(C2C(N)CCN2CC(C)C)cc1. The van der Waals surface area contributed by atoms with Crippen LogP contribution in [0.5, 0.6) is 5.75 Å². The van der Waals surface area contributed by atoms with E-state index in [2.05, 4.69) is 30.9 Å². The molecule has 2 atom stereocenters. The summed E-state index contributed by atoms with van der Waals surface area (Å²) in [7, 11) is 1.70. The molecule has 2 N–H and O–H groups in total. The number of hydrogen-bond donors (Lipinski definition) is 1. The van der Waals surface area contributed by atoms with Gasteiger partial charge in [0, 0.05) is 25.2 Å². The van der Waals surface area contributed by atoms with Crippen LogP contribution in [0.2, 0.25) is 0 Å². The topological polar surface area (TPSA) is 38.5 Å². The summed E-state index contributed by atoms with van der Waals surface area (Å²) in [5.41, 5.74) is 7.58. The number of benzene rings is 1. The highest BCUT2D eigenvalue weighted by Crippen LogP contribution is 2.32. The van der Waals surface area contributed by atoms with E-state index >= 15 is 0 Å². The van der Waals surface area contributed by atoms with Gasteiger partial charge in [0.05, 0.1) is 7.11 Å². The third-order valence-electron chi connectivity index (χ3n) is 3.61. The maximum Gasteiger partial charge on any atom is 0.118 e. The Hall–Kier alpha value is -1.06. The summed E-state index contributed by atoms with van der Waals surface area (Å²) in [6.45, 7) is 6.74. The minimum atomic E-state index is 0.247. The van der Waals surface area contributed by atoms with E-state index < -0.39 is 0 Å². The van der Waals surface area contributed by atoms with Crippen LogP contribution in [0.1, 0.15) is 31.9 Å². The Balaban J connectivity index is 2.16. The van der Waals surface area contributed by atoms with Crippen LogP contribution in [0.4, 0.5) is 0 Å². The second kappa shape index (κ2) is 5.72. The molecule has 18 heavy (non-hydrogen) atoms. The van der Waals surface area contributed by atoms with Crippen molar-refractivity contribution in [2.24, 2.45) is 11.7 Å². The molecular formula is C15H24N2O. The van der Waals surface area contributed by atoms with Crippen LogP contribution < -0.4 is 10.5 Å². The Morgan fingerprint density at radius 3 is 2.56 bits per heavy atom. The van der Waals surface area contributed by atoms with Gasteiger partial charge >= 0.3 is 0 Å². The lowest BCUT2D eigenvalue weighted by atomic mass is 10.00. The third-order valence-corrected chi connectivity index (χ3v) is 3.61. The number of rotatable bonds is 4. The minimum Gasteiger partial charge on any atom is -0.497 e. The molecule has 1 heterocycles. The number of methoxy groups -OCH3 is 1. The van der Waals surface area contributed by atoms with Crippen molar-refractivity contribution in [3.8, 4) is 5.75 Å². The minimum absolute atomic E-state index is 0.247. The number of nitrogens with zero attached hydrogens (tertiary/aromatic N) is 1. The summed E-state index contributed by atoms with van der Waals surface area (Å²) in [5, 5.41) is 0. The smallest absolute Gasteiger partial charge is 0.118 e. The zero-order chi connectivity index (χ0) is 13.1. The molecular weight excluding hydrogens is 224 g/mol. The van der Waals surface area contributed by atoms with Crippen LogP contribution in [0.3, 0.4) is 0 Å². The van der Waals surface area contributed by atoms with Crippen LogP contribution >= 0.6 is 0 Å². The highest BCUT2D eigenvalue weighted by Gasteiger charge is 2.32. The summed E-state index contributed by atoms with van der Waals surface area (Å²) >= 11 is 0. The first-order valence-electron chi connectivity index (χ1n) is 6.75. The number of hydrogen-bond acceptors (Lipinski definition) is 3. The third kappa shape index (κ3) is 2.85. The van der Waals surface area contributed by atoms with Crippen molar-refractivity contribution < 1.29 is 4.74 Å². The Morgan fingerprint density at radius 2 is 2.00 bits per heavy atom. The molecule has 3 heteroatoms. The quantitative estimate of drug-likeness (QED) is 0.889. The van der Waals surface area contributed by atoms with Gasteiger partial charge in [-0.15, -0.1) is 0 Å². The lowest BCUT2D eigenvalue weighted by molar-refractivity contribution is 0.221. The van der Waals surface area contributed by atoms with Crippen molar-refractivity contribution in [1.82, 2.24) is 4.90 Å². The summed E-state index contributed by atoms with van der Waals surface area (Å²) in [6.07, 6.45) is 1.09. The van der Waals surface area contributed by atoms with Gasteiger partial charge in [0.15, 0.2) is 0 Å². The second-order valence-electron chi connectivity index (χ2n) is 5.56. The Labute approximate surface area is 110 Å². The van der Waals surface area contributed by atoms with E-state index in [1.54, 1.807) is 7.11 Å². The maximum absolute atomic E-state index is 6.27. The molecule has 1 aromatic carbocycles. The van der Waals surface area contributed by atoms with Crippen LogP contribution in [-0.4, -0.2) is 31.1 Å². The molecule has 2 rings (SSSR count). The van der Waals surface area contributed by atoms with E-state index in [0.717, 1.165) is 25.3 Å². The van der Waals surface area contributed by atoms with E-state index in [4.69, 9.17) is 10.5 Å². The van der Waals surface area contributed by atoms with Gasteiger partial charge in [-0.1, -0.05) is 26.0 Å². The fraction of sp³-hybridized carbons (Fsp3) is 0.600. The zero-order valence-electron chi connectivity index (χ0n) is 11.6. The van der Waals surface area contributed by atoms with Crippen molar-refractivity contribution in [2.75, 3.05) is 20.2 Å². The van der Waals surface area contributed by atoms with E-state index in [0.29, 0.717) is 12.0 Å². The predicted molar refractivity (Wildman–Crippen MR) is 74.7 cm³/mol. The van der Waals surface area contributed by atoms with Crippen molar-refractivity contribution in [3.63, 3.8) is 0 Å². The molecule has 100 valence electrons. The van der Waals surface area contributed by atoms with Crippen molar-refractivity contribution >= 4 is 0 Å². The van der Waals surface area contributed by atoms with Crippen molar-refractivity contribution in [1.29, 1.82) is 0 Å². The number of ether oxygens (including phenoxy) is 1. The Bertz CT molecular complexity index is 375. The molecule has 0 aromatic heterocycles. The molecule has 0 amide bonds. The molecule has 1 fully saturated rings. The Kier molecular flexibility index (Phi) is 4.25. The van der Waals surface area contributed by atoms with Gasteiger partial charge < -0.3 is 10.5 Å². The van der Waals surface area contributed by atoms with Crippen molar-refractivity contribution in [2.45, 2.75) is 32.4 Å². The van der Waals surface area contributed by atoms with Crippen molar-refractivity contribution in [3.05, 3.63) is 29.8 Å². The van der Waals surface area contributed by atoms with Gasteiger partial charge in [0.1, 0.15) is 5.75 Å². The summed E-state index contributed by atoms with van der Waals surface area (Å²) in [5.74, 6) is 1.58. The summed E-state index contributed by atoms with van der Waals surface area (Å²) in [6, 6.07) is 8.93. The average molecular weight is 248 g/mol. The van der Waals surface area contributed by atoms with Gasteiger partial charge in [-0.3, -0.25) is 4.90 Å². The van der Waals surface area contributed by atoms with Crippen LogP contribution in [0.15, 0.2) is 24.3 Å². The maximum atomic E-state index is 6.27. The lowest BCUT2D eigenvalue weighted by Gasteiger charge is -2.28. The molecule has 2 unspecified atom stereocenters. The molecule has 1 aliphatic heterocycles. The molecule has 3 nitrogen and oxygen atoms in total. The molecule has 0 spiro atoms. The van der Waals surface area contributed by atoms with Gasteiger partial charge in [0.2, 0.25) is 0 Å². The fourth-order valence-corrected chi connectivity index (χ4v) is 2.82. The second-order valence-corrected chi connectivity index (χ2v) is 5.56. The van der Waals surface area contributed by atoms with Gasteiger partial charge in [0.25, 0.3) is 0 Å². The first-order valence-corrected chi connectivity index (χ1v) is 6.75. The molecule has 0 aliphatic carbocycles. The molecule has 1 saturated heterocycles. The molecule has 0 bridgehead atoms. The first-order chi connectivity index (χ1) is 8.61. The van der Waals surface area contributed by atoms with Crippen LogP contribution in [0.25, 0.3) is 0 Å². The van der Waals surface area contributed by atoms with Gasteiger partial charge in [-0.05, 0) is 30.0 Å². The van der Waals surface area contributed by atoms with Crippen LogP contribution in [0, 0.1) is 5.92 Å². The zero-order valence-corrected chi connectivity index (χ0v) is 11.6. The molecule has 1 aliphatic rings. The highest BCUT2D eigenvalue weighted by atomic mass is 16.5. The van der Waals surface area contributed by atoms with E-state index in [1.165, 1.54) is 5.56 Å². The van der Waals surface area contributed by atoms with Crippen LogP contribution in [-0.2, 0) is 0 Å². The summed E-state index contributed by atoms with van der Waals surface area (Å²) < 4.78 is 5.21. The molecule has 0 radical (unpaired) electrons. The largest absolute Gasteiger partial charge is 0.497 e. The normalized spacial score (nSPS) is 24.7. The lowest BCUT2D eigenvalue weighted by Crippen LogP contribution is -2.33. The van der Waals surface area contributed by atoms with Gasteiger partial charge in [-0.2, -0.15) is 0 Å². The highest BCUT2D eigenvalue weighted by molar-refractivity contribution is 5.30. The molecule has 0 saturated carbocycles. The average Bonchev–Trinajstić information content (AvgIpc) is 2.70. The van der Waals surface area contributed by atoms with E-state index in [-0.39, 0.29) is 6.04 Å². The Morgan fingerprint density at radius 1 is 1.33 bits per heavy atom. The van der Waals surface area contributed by atoms with Gasteiger partial charge in [-0.25, -0.2) is 0 Å². The monoisotopic (exact) mass is 248 g/mol. The summed E-state index contributed by atoms with van der Waals surface area (Å²) in [4.78, 5) is 2.51. The van der Waals surface area contributed by atoms with E-state index in [9.17, 15) is 0 Å². The predicted octanol–water partition coefficient (Wildman–Crippen LogP) is 2.43.